The number of benzene rings is 1. The summed E-state index contributed by atoms with van der Waals surface area (Å²) in [7, 11) is 0. The highest BCUT2D eigenvalue weighted by Crippen LogP contribution is 2.15. The van der Waals surface area contributed by atoms with Gasteiger partial charge >= 0.3 is 5.97 Å². The van der Waals surface area contributed by atoms with Gasteiger partial charge in [-0.2, -0.15) is 0 Å². The second-order valence-corrected chi connectivity index (χ2v) is 5.92. The SMILES string of the molecule is CCc1nnc(NC(=O)CCC(=O)OCCc2ccccc2)s1. The van der Waals surface area contributed by atoms with Gasteiger partial charge in [0.1, 0.15) is 5.01 Å². The highest BCUT2D eigenvalue weighted by molar-refractivity contribution is 7.15. The Hall–Kier alpha value is -2.28. The van der Waals surface area contributed by atoms with Crippen molar-refractivity contribution in [2.45, 2.75) is 32.6 Å². The number of nitrogens with one attached hydrogen (secondary N) is 1. The number of amides is 1. The van der Waals surface area contributed by atoms with E-state index in [1.54, 1.807) is 0 Å². The van der Waals surface area contributed by atoms with Crippen molar-refractivity contribution in [2.24, 2.45) is 0 Å². The summed E-state index contributed by atoms with van der Waals surface area (Å²) < 4.78 is 5.12. The van der Waals surface area contributed by atoms with Crippen LogP contribution in [0.1, 0.15) is 30.3 Å². The van der Waals surface area contributed by atoms with E-state index in [1.807, 2.05) is 37.3 Å². The Labute approximate surface area is 138 Å². The minimum absolute atomic E-state index is 0.0556. The van der Waals surface area contributed by atoms with Crippen molar-refractivity contribution >= 4 is 28.3 Å². The monoisotopic (exact) mass is 333 g/mol. The van der Waals surface area contributed by atoms with Gasteiger partial charge in [-0.05, 0) is 12.0 Å². The molecule has 1 aromatic heterocycles. The molecule has 7 heteroatoms. The van der Waals surface area contributed by atoms with Crippen molar-refractivity contribution < 1.29 is 14.3 Å². The van der Waals surface area contributed by atoms with Crippen molar-refractivity contribution in [3.05, 3.63) is 40.9 Å². The van der Waals surface area contributed by atoms with E-state index >= 15 is 0 Å². The summed E-state index contributed by atoms with van der Waals surface area (Å²) in [6, 6.07) is 9.79. The number of carbonyl (C=O) groups is 2. The third kappa shape index (κ3) is 6.15. The Balaban J connectivity index is 1.62. The maximum atomic E-state index is 11.7. The molecule has 23 heavy (non-hydrogen) atoms. The minimum Gasteiger partial charge on any atom is -0.465 e. The van der Waals surface area contributed by atoms with Crippen LogP contribution in [0.5, 0.6) is 0 Å². The minimum atomic E-state index is -0.373. The number of esters is 1. The predicted molar refractivity (Wildman–Crippen MR) is 88.3 cm³/mol. The zero-order valence-corrected chi connectivity index (χ0v) is 13.8. The van der Waals surface area contributed by atoms with Gasteiger partial charge in [0, 0.05) is 12.8 Å². The molecule has 0 aliphatic heterocycles. The molecule has 0 fully saturated rings. The molecule has 2 aromatic rings. The number of hydrogen-bond donors (Lipinski definition) is 1. The van der Waals surface area contributed by atoms with Gasteiger partial charge in [-0.25, -0.2) is 0 Å². The molecule has 0 aliphatic carbocycles. The lowest BCUT2D eigenvalue weighted by atomic mass is 10.2. The first kappa shape index (κ1) is 17.1. The van der Waals surface area contributed by atoms with Crippen LogP contribution in [0, 0.1) is 0 Å². The topological polar surface area (TPSA) is 81.2 Å². The maximum Gasteiger partial charge on any atom is 0.306 e. The van der Waals surface area contributed by atoms with Crippen molar-refractivity contribution in [3.8, 4) is 0 Å². The summed E-state index contributed by atoms with van der Waals surface area (Å²) in [4.78, 5) is 23.3. The van der Waals surface area contributed by atoms with Gasteiger partial charge in [-0.15, -0.1) is 10.2 Å². The molecule has 1 heterocycles. The van der Waals surface area contributed by atoms with Crippen LogP contribution < -0.4 is 5.32 Å². The van der Waals surface area contributed by atoms with Gasteiger partial charge in [0.05, 0.1) is 13.0 Å². The zero-order valence-electron chi connectivity index (χ0n) is 12.9. The van der Waals surface area contributed by atoms with Crippen molar-refractivity contribution in [3.63, 3.8) is 0 Å². The van der Waals surface area contributed by atoms with Crippen LogP contribution in [-0.4, -0.2) is 28.7 Å². The molecule has 0 saturated heterocycles. The molecule has 2 rings (SSSR count). The summed E-state index contributed by atoms with van der Waals surface area (Å²) in [6.07, 6.45) is 1.58. The maximum absolute atomic E-state index is 11.7. The number of hydrogen-bond acceptors (Lipinski definition) is 6. The highest BCUT2D eigenvalue weighted by Gasteiger charge is 2.10. The van der Waals surface area contributed by atoms with Crippen LogP contribution in [0.25, 0.3) is 0 Å². The van der Waals surface area contributed by atoms with Gasteiger partial charge in [-0.3, -0.25) is 9.59 Å². The van der Waals surface area contributed by atoms with Crippen molar-refractivity contribution in [1.82, 2.24) is 10.2 Å². The fraction of sp³-hybridized carbons (Fsp3) is 0.375. The Kier molecular flexibility index (Phi) is 6.68. The standard InChI is InChI=1S/C16H19N3O3S/c1-2-14-18-19-16(23-14)17-13(20)8-9-15(21)22-11-10-12-6-4-3-5-7-12/h3-7H,2,8-11H2,1H3,(H,17,19,20). The normalized spacial score (nSPS) is 10.3. The van der Waals surface area contributed by atoms with Crippen LogP contribution in [-0.2, 0) is 27.2 Å². The van der Waals surface area contributed by atoms with E-state index in [4.69, 9.17) is 4.74 Å². The fourth-order valence-electron chi connectivity index (χ4n) is 1.84. The molecule has 0 bridgehead atoms. The summed E-state index contributed by atoms with van der Waals surface area (Å²) in [5.41, 5.74) is 1.11. The van der Waals surface area contributed by atoms with Crippen LogP contribution in [0.3, 0.4) is 0 Å². The number of ether oxygens (including phenoxy) is 1. The van der Waals surface area contributed by atoms with Crippen LogP contribution in [0.4, 0.5) is 5.13 Å². The summed E-state index contributed by atoms with van der Waals surface area (Å²) in [6.45, 7) is 2.29. The molecule has 0 unspecified atom stereocenters. The quantitative estimate of drug-likeness (QED) is 0.751. The Morgan fingerprint density at radius 2 is 1.96 bits per heavy atom. The molecule has 1 aromatic carbocycles. The largest absolute Gasteiger partial charge is 0.465 e. The van der Waals surface area contributed by atoms with E-state index in [-0.39, 0.29) is 24.7 Å². The lowest BCUT2D eigenvalue weighted by Gasteiger charge is -2.05. The predicted octanol–water partition coefficient (Wildman–Crippen LogP) is 2.61. The second kappa shape index (κ2) is 8.99. The molecule has 122 valence electrons. The lowest BCUT2D eigenvalue weighted by Crippen LogP contribution is -2.15. The first-order valence-electron chi connectivity index (χ1n) is 7.49. The van der Waals surface area contributed by atoms with E-state index in [0.29, 0.717) is 18.2 Å². The van der Waals surface area contributed by atoms with Gasteiger partial charge in [0.15, 0.2) is 0 Å². The Bertz CT molecular complexity index is 643. The molecule has 1 amide bonds. The third-order valence-electron chi connectivity index (χ3n) is 3.07. The average molecular weight is 333 g/mol. The van der Waals surface area contributed by atoms with E-state index in [2.05, 4.69) is 15.5 Å². The number of anilines is 1. The first-order valence-corrected chi connectivity index (χ1v) is 8.31. The zero-order chi connectivity index (χ0) is 16.5. The fourth-order valence-corrected chi connectivity index (χ4v) is 2.54. The van der Waals surface area contributed by atoms with Crippen LogP contribution in [0.15, 0.2) is 30.3 Å². The number of aryl methyl sites for hydroxylation is 1. The average Bonchev–Trinajstić information content (AvgIpc) is 3.01. The molecule has 0 aliphatic rings. The van der Waals surface area contributed by atoms with Gasteiger partial charge in [0.25, 0.3) is 0 Å². The summed E-state index contributed by atoms with van der Waals surface area (Å²) in [5, 5.41) is 11.7. The Morgan fingerprint density at radius 1 is 1.17 bits per heavy atom. The number of nitrogens with zero attached hydrogens (tertiary/aromatic N) is 2. The lowest BCUT2D eigenvalue weighted by molar-refractivity contribution is -0.144. The van der Waals surface area contributed by atoms with Crippen LogP contribution >= 0.6 is 11.3 Å². The van der Waals surface area contributed by atoms with E-state index in [1.165, 1.54) is 11.3 Å². The van der Waals surface area contributed by atoms with E-state index in [9.17, 15) is 9.59 Å². The van der Waals surface area contributed by atoms with Gasteiger partial charge in [0.2, 0.25) is 11.0 Å². The summed E-state index contributed by atoms with van der Waals surface area (Å²) in [5.74, 6) is -0.633. The molecular formula is C16H19N3O3S. The molecule has 0 atom stereocenters. The molecule has 1 N–H and O–H groups in total. The number of carbonyl (C=O) groups excluding carboxylic acids is 2. The molecule has 6 nitrogen and oxygen atoms in total. The Morgan fingerprint density at radius 3 is 2.65 bits per heavy atom. The smallest absolute Gasteiger partial charge is 0.306 e. The molecule has 0 spiro atoms. The summed E-state index contributed by atoms with van der Waals surface area (Å²) >= 11 is 1.34. The molecular weight excluding hydrogens is 314 g/mol. The van der Waals surface area contributed by atoms with E-state index < -0.39 is 0 Å². The molecule has 0 radical (unpaired) electrons. The third-order valence-corrected chi connectivity index (χ3v) is 4.05. The van der Waals surface area contributed by atoms with E-state index in [0.717, 1.165) is 17.0 Å². The van der Waals surface area contributed by atoms with Gasteiger partial charge < -0.3 is 10.1 Å². The number of rotatable bonds is 8. The van der Waals surface area contributed by atoms with Gasteiger partial charge in [-0.1, -0.05) is 48.6 Å². The van der Waals surface area contributed by atoms with Crippen LogP contribution in [0.2, 0.25) is 0 Å². The second-order valence-electron chi connectivity index (χ2n) is 4.86. The molecule has 0 saturated carbocycles. The van der Waals surface area contributed by atoms with Crippen molar-refractivity contribution in [2.75, 3.05) is 11.9 Å². The van der Waals surface area contributed by atoms with Crippen molar-refractivity contribution in [1.29, 1.82) is 0 Å². The first-order chi connectivity index (χ1) is 11.2. The number of aromatic nitrogens is 2. The highest BCUT2D eigenvalue weighted by atomic mass is 32.1.